The van der Waals surface area contributed by atoms with Crippen LogP contribution in [0.15, 0.2) is 83.5 Å². The van der Waals surface area contributed by atoms with Crippen molar-refractivity contribution in [1.82, 2.24) is 4.90 Å². The summed E-state index contributed by atoms with van der Waals surface area (Å²) in [5.74, 6) is 0.116. The average molecular weight is 475 g/mol. The van der Waals surface area contributed by atoms with Crippen LogP contribution >= 0.6 is 0 Å². The van der Waals surface area contributed by atoms with Crippen molar-refractivity contribution < 1.29 is 33.3 Å². The van der Waals surface area contributed by atoms with Gasteiger partial charge in [0.1, 0.15) is 23.9 Å². The van der Waals surface area contributed by atoms with Crippen LogP contribution in [0.3, 0.4) is 0 Å². The van der Waals surface area contributed by atoms with Gasteiger partial charge in [-0.25, -0.2) is 0 Å². The van der Waals surface area contributed by atoms with Crippen LogP contribution in [0.1, 0.15) is 22.9 Å². The summed E-state index contributed by atoms with van der Waals surface area (Å²) < 4.78 is 21.6. The number of ether oxygens (including phenoxy) is 3. The minimum absolute atomic E-state index is 0.0338. The number of ketones is 1. The largest absolute Gasteiger partial charge is 0.507 e. The molecule has 0 aliphatic carbocycles. The number of Topliss-reactive ketones (excluding diaryl/α,β-unsaturated/α-hetero) is 1. The average Bonchev–Trinajstić information content (AvgIpc) is 3.49. The lowest BCUT2D eigenvalue weighted by atomic mass is 9.95. The molecule has 2 heterocycles. The van der Waals surface area contributed by atoms with Crippen molar-refractivity contribution in [3.63, 3.8) is 0 Å². The van der Waals surface area contributed by atoms with Crippen LogP contribution in [0.4, 0.5) is 0 Å². The fraction of sp³-hybridized carbons (Fsp3) is 0.185. The summed E-state index contributed by atoms with van der Waals surface area (Å²) in [5, 5.41) is 11.3. The van der Waals surface area contributed by atoms with Crippen LogP contribution in [0.25, 0.3) is 5.76 Å². The quantitative estimate of drug-likeness (QED) is 0.211. The van der Waals surface area contributed by atoms with Crippen molar-refractivity contribution in [3.8, 4) is 17.2 Å². The third-order valence-corrected chi connectivity index (χ3v) is 5.67. The second-order valence-electron chi connectivity index (χ2n) is 7.74. The molecule has 1 unspecified atom stereocenters. The minimum atomic E-state index is -0.846. The zero-order valence-corrected chi connectivity index (χ0v) is 19.4. The number of carbonyl (C=O) groups is 2. The number of methoxy groups -OCH3 is 2. The molecule has 1 aliphatic heterocycles. The molecule has 1 N–H and O–H groups in total. The predicted molar refractivity (Wildman–Crippen MR) is 128 cm³/mol. The first-order chi connectivity index (χ1) is 17.0. The number of nitrogens with zero attached hydrogens (tertiary/aromatic N) is 1. The number of amides is 1. The van der Waals surface area contributed by atoms with Gasteiger partial charge in [-0.15, -0.1) is 0 Å². The fourth-order valence-corrected chi connectivity index (χ4v) is 4.00. The molecule has 0 spiro atoms. The Morgan fingerprint density at radius 1 is 1.09 bits per heavy atom. The molecule has 1 amide bonds. The van der Waals surface area contributed by atoms with E-state index in [9.17, 15) is 14.7 Å². The second kappa shape index (κ2) is 10.2. The second-order valence-corrected chi connectivity index (χ2v) is 7.74. The summed E-state index contributed by atoms with van der Waals surface area (Å²) in [6.07, 6.45) is 3.13. The molecular weight excluding hydrogens is 450 g/mol. The summed E-state index contributed by atoms with van der Waals surface area (Å²) in [5.41, 5.74) is 0.909. The van der Waals surface area contributed by atoms with E-state index in [1.807, 2.05) is 0 Å². The van der Waals surface area contributed by atoms with Crippen LogP contribution in [0.5, 0.6) is 17.2 Å². The highest BCUT2D eigenvalue weighted by atomic mass is 16.5. The number of benzene rings is 2. The van der Waals surface area contributed by atoms with Gasteiger partial charge in [0.05, 0.1) is 38.6 Å². The van der Waals surface area contributed by atoms with Gasteiger partial charge in [-0.3, -0.25) is 9.59 Å². The molecule has 1 aromatic heterocycles. The Balaban J connectivity index is 1.82. The lowest BCUT2D eigenvalue weighted by Gasteiger charge is -2.24. The van der Waals surface area contributed by atoms with Gasteiger partial charge in [-0.2, -0.15) is 0 Å². The minimum Gasteiger partial charge on any atom is -0.507 e. The Morgan fingerprint density at radius 3 is 2.46 bits per heavy atom. The van der Waals surface area contributed by atoms with Crippen LogP contribution in [-0.4, -0.2) is 42.5 Å². The SMILES string of the molecule is C=CCOc1ccc(C2/C(=C(\O)c3ccc(OC)c(OC)c3)C(=O)C(=O)N2Cc2ccco2)cc1. The number of furan rings is 1. The van der Waals surface area contributed by atoms with Crippen molar-refractivity contribution in [3.05, 3.63) is 96.0 Å². The van der Waals surface area contributed by atoms with E-state index >= 15 is 0 Å². The molecule has 0 radical (unpaired) electrons. The van der Waals surface area contributed by atoms with E-state index in [0.29, 0.717) is 40.7 Å². The van der Waals surface area contributed by atoms with Gasteiger partial charge in [0.2, 0.25) is 0 Å². The maximum absolute atomic E-state index is 13.2. The first-order valence-electron chi connectivity index (χ1n) is 10.8. The summed E-state index contributed by atoms with van der Waals surface area (Å²) in [6.45, 7) is 4.03. The van der Waals surface area contributed by atoms with E-state index < -0.39 is 17.7 Å². The van der Waals surface area contributed by atoms with Gasteiger partial charge in [-0.1, -0.05) is 24.8 Å². The van der Waals surface area contributed by atoms with E-state index in [1.165, 1.54) is 25.4 Å². The summed E-state index contributed by atoms with van der Waals surface area (Å²) in [7, 11) is 2.97. The molecule has 1 aliphatic rings. The number of aliphatic hydroxyl groups excluding tert-OH is 1. The zero-order chi connectivity index (χ0) is 24.9. The Labute approximate surface area is 202 Å². The molecule has 8 heteroatoms. The third-order valence-electron chi connectivity index (χ3n) is 5.67. The lowest BCUT2D eigenvalue weighted by molar-refractivity contribution is -0.140. The molecule has 1 atom stereocenters. The maximum atomic E-state index is 13.2. The van der Waals surface area contributed by atoms with Gasteiger partial charge >= 0.3 is 0 Å². The topological polar surface area (TPSA) is 98.4 Å². The molecule has 1 saturated heterocycles. The highest BCUT2D eigenvalue weighted by Gasteiger charge is 2.46. The highest BCUT2D eigenvalue weighted by molar-refractivity contribution is 6.46. The molecular formula is C27H25NO7. The maximum Gasteiger partial charge on any atom is 0.296 e. The zero-order valence-electron chi connectivity index (χ0n) is 19.4. The molecule has 0 saturated carbocycles. The van der Waals surface area contributed by atoms with Crippen LogP contribution in [0, 0.1) is 0 Å². The molecule has 2 aromatic carbocycles. The third kappa shape index (κ3) is 4.63. The lowest BCUT2D eigenvalue weighted by Crippen LogP contribution is -2.29. The number of hydrogen-bond donors (Lipinski definition) is 1. The standard InChI is InChI=1S/C27H25NO7/c1-4-13-34-19-10-7-17(8-11-19)24-23(25(29)18-9-12-21(32-2)22(15-18)33-3)26(30)27(31)28(24)16-20-6-5-14-35-20/h4-12,14-15,24,29H,1,13,16H2,2-3H3/b25-23+. The van der Waals surface area contributed by atoms with Gasteiger partial charge in [-0.05, 0) is 48.0 Å². The van der Waals surface area contributed by atoms with Crippen molar-refractivity contribution in [1.29, 1.82) is 0 Å². The number of rotatable bonds is 9. The van der Waals surface area contributed by atoms with Crippen molar-refractivity contribution in [2.45, 2.75) is 12.6 Å². The van der Waals surface area contributed by atoms with Crippen LogP contribution < -0.4 is 14.2 Å². The van der Waals surface area contributed by atoms with Gasteiger partial charge in [0.15, 0.2) is 11.5 Å². The molecule has 35 heavy (non-hydrogen) atoms. The van der Waals surface area contributed by atoms with E-state index in [0.717, 1.165) is 0 Å². The smallest absolute Gasteiger partial charge is 0.296 e. The van der Waals surface area contributed by atoms with Gasteiger partial charge < -0.3 is 28.6 Å². The van der Waals surface area contributed by atoms with Gasteiger partial charge in [0, 0.05) is 5.56 Å². The molecule has 0 bridgehead atoms. The van der Waals surface area contributed by atoms with Crippen LogP contribution in [-0.2, 0) is 16.1 Å². The van der Waals surface area contributed by atoms with E-state index in [4.69, 9.17) is 18.6 Å². The van der Waals surface area contributed by atoms with Crippen LogP contribution in [0.2, 0.25) is 0 Å². The molecule has 3 aromatic rings. The summed E-state index contributed by atoms with van der Waals surface area (Å²) >= 11 is 0. The molecule has 1 fully saturated rings. The summed E-state index contributed by atoms with van der Waals surface area (Å²) in [6, 6.07) is 14.3. The highest BCUT2D eigenvalue weighted by Crippen LogP contribution is 2.41. The molecule has 8 nitrogen and oxygen atoms in total. The molecule has 180 valence electrons. The summed E-state index contributed by atoms with van der Waals surface area (Å²) in [4.78, 5) is 27.7. The monoisotopic (exact) mass is 475 g/mol. The predicted octanol–water partition coefficient (Wildman–Crippen LogP) is 4.48. The Bertz CT molecular complexity index is 1260. The number of likely N-dealkylation sites (tertiary alicyclic amines) is 1. The number of hydrogen-bond acceptors (Lipinski definition) is 7. The number of aliphatic hydroxyl groups is 1. The van der Waals surface area contributed by atoms with Crippen molar-refractivity contribution in [2.75, 3.05) is 20.8 Å². The number of carbonyl (C=O) groups excluding carboxylic acids is 2. The van der Waals surface area contributed by atoms with E-state index in [1.54, 1.807) is 60.7 Å². The van der Waals surface area contributed by atoms with E-state index in [-0.39, 0.29) is 17.9 Å². The normalized spacial score (nSPS) is 16.9. The van der Waals surface area contributed by atoms with Crippen molar-refractivity contribution >= 4 is 17.4 Å². The van der Waals surface area contributed by atoms with Gasteiger partial charge in [0.25, 0.3) is 11.7 Å². The molecule has 4 rings (SSSR count). The first kappa shape index (κ1) is 23.7. The van der Waals surface area contributed by atoms with Crippen molar-refractivity contribution in [2.24, 2.45) is 0 Å². The fourth-order valence-electron chi connectivity index (χ4n) is 4.00. The Hall–Kier alpha value is -4.46. The van der Waals surface area contributed by atoms with E-state index in [2.05, 4.69) is 6.58 Å². The Kier molecular flexibility index (Phi) is 6.91. The Morgan fingerprint density at radius 2 is 1.83 bits per heavy atom. The first-order valence-corrected chi connectivity index (χ1v) is 10.8.